The highest BCUT2D eigenvalue weighted by Gasteiger charge is 2.27. The van der Waals surface area contributed by atoms with Crippen LogP contribution in [0.15, 0.2) is 72.9 Å². The van der Waals surface area contributed by atoms with E-state index in [2.05, 4.69) is 80.7 Å². The Bertz CT molecular complexity index is 1340. The Hall–Kier alpha value is -2.59. The maximum Gasteiger partial charge on any atom is 0.472 e. The minimum Gasteiger partial charge on any atom is -0.462 e. The lowest BCUT2D eigenvalue weighted by atomic mass is 10.0. The largest absolute Gasteiger partial charge is 0.472 e. The van der Waals surface area contributed by atoms with Crippen LogP contribution in [0.1, 0.15) is 232 Å². The monoisotopic (exact) mass is 963 g/mol. The van der Waals surface area contributed by atoms with Gasteiger partial charge in [0, 0.05) is 12.8 Å². The molecule has 3 atom stereocenters. The number of esters is 2. The molecule has 0 radical (unpaired) electrons. The number of aliphatic hydroxyl groups excluding tert-OH is 2. The molecule has 0 rings (SSSR count). The van der Waals surface area contributed by atoms with Crippen LogP contribution in [0.4, 0.5) is 0 Å². The molecule has 0 aromatic carbocycles. The van der Waals surface area contributed by atoms with Gasteiger partial charge in [-0.1, -0.05) is 209 Å². The fourth-order valence-corrected chi connectivity index (χ4v) is 7.97. The Morgan fingerprint density at radius 3 is 1.22 bits per heavy atom. The van der Waals surface area contributed by atoms with E-state index in [0.29, 0.717) is 25.7 Å². The van der Waals surface area contributed by atoms with E-state index in [1.54, 1.807) is 0 Å². The zero-order valence-corrected chi connectivity index (χ0v) is 43.5. The second-order valence-corrected chi connectivity index (χ2v) is 19.3. The predicted molar refractivity (Wildman–Crippen MR) is 279 cm³/mol. The van der Waals surface area contributed by atoms with Crippen molar-refractivity contribution in [3.05, 3.63) is 72.9 Å². The van der Waals surface area contributed by atoms with E-state index in [0.717, 1.165) is 38.5 Å². The summed E-state index contributed by atoms with van der Waals surface area (Å²) in [6, 6.07) is 0. The number of phosphoric ester groups is 1. The van der Waals surface area contributed by atoms with Crippen molar-refractivity contribution in [1.29, 1.82) is 0 Å². The van der Waals surface area contributed by atoms with E-state index in [-0.39, 0.29) is 19.4 Å². The van der Waals surface area contributed by atoms with Gasteiger partial charge in [-0.05, 0) is 83.5 Å². The van der Waals surface area contributed by atoms with Gasteiger partial charge in [-0.25, -0.2) is 4.57 Å². The van der Waals surface area contributed by atoms with Crippen molar-refractivity contribution in [1.82, 2.24) is 0 Å². The first-order valence-electron chi connectivity index (χ1n) is 26.9. The standard InChI is InChI=1S/C56H99O10P/c1-3-5-7-9-11-13-15-17-19-21-23-25-26-28-30-32-34-36-38-40-42-44-46-48-56(60)66-54(52-65-67(61,62)64-50-53(58)49-57)51-63-55(59)47-45-43-41-39-37-35-33-31-29-27-24-22-20-18-16-14-12-10-8-6-4-2/h20,22,27,29,32-35,39-42,53-54,57-58H,3-19,21,23-26,28,30-31,36-38,43-52H2,1-2H3,(H,61,62)/b22-20+,29-27+,34-32+,35-33+,41-39+,42-40+/t53-,54+/m0/s1. The number of aliphatic hydroxyl groups is 2. The Morgan fingerprint density at radius 2 is 0.791 bits per heavy atom. The van der Waals surface area contributed by atoms with Crippen LogP contribution >= 0.6 is 7.82 Å². The van der Waals surface area contributed by atoms with Gasteiger partial charge in [0.15, 0.2) is 6.10 Å². The topological polar surface area (TPSA) is 149 Å². The Kier molecular flexibility index (Phi) is 49.3. The third-order valence-electron chi connectivity index (χ3n) is 11.3. The van der Waals surface area contributed by atoms with Crippen molar-refractivity contribution < 1.29 is 47.8 Å². The second kappa shape index (κ2) is 51.3. The molecule has 11 heteroatoms. The van der Waals surface area contributed by atoms with Crippen LogP contribution < -0.4 is 0 Å². The van der Waals surface area contributed by atoms with Crippen molar-refractivity contribution in [3.63, 3.8) is 0 Å². The summed E-state index contributed by atoms with van der Waals surface area (Å²) in [7, 11) is -4.65. The van der Waals surface area contributed by atoms with Gasteiger partial charge < -0.3 is 24.6 Å². The fraction of sp³-hybridized carbons (Fsp3) is 0.750. The number of hydrogen-bond acceptors (Lipinski definition) is 9. The van der Waals surface area contributed by atoms with Gasteiger partial charge in [0.1, 0.15) is 12.7 Å². The molecule has 0 saturated carbocycles. The Balaban J connectivity index is 4.30. The molecule has 0 saturated heterocycles. The Labute approximate surface area is 409 Å². The highest BCUT2D eigenvalue weighted by atomic mass is 31.2. The number of ether oxygens (including phenoxy) is 2. The average molecular weight is 963 g/mol. The summed E-state index contributed by atoms with van der Waals surface area (Å²) in [4.78, 5) is 35.2. The van der Waals surface area contributed by atoms with Crippen molar-refractivity contribution >= 4 is 19.8 Å². The Morgan fingerprint density at radius 1 is 0.448 bits per heavy atom. The van der Waals surface area contributed by atoms with Gasteiger partial charge in [0.2, 0.25) is 0 Å². The molecule has 0 aliphatic heterocycles. The van der Waals surface area contributed by atoms with Gasteiger partial charge in [-0.2, -0.15) is 0 Å². The van der Waals surface area contributed by atoms with E-state index in [4.69, 9.17) is 23.6 Å². The first-order chi connectivity index (χ1) is 32.7. The summed E-state index contributed by atoms with van der Waals surface area (Å²) in [6.45, 7) is 2.30. The lowest BCUT2D eigenvalue weighted by Gasteiger charge is -2.20. The zero-order valence-electron chi connectivity index (χ0n) is 42.6. The minimum absolute atomic E-state index is 0.110. The summed E-state index contributed by atoms with van der Waals surface area (Å²) < 4.78 is 32.8. The number of rotatable bonds is 50. The third-order valence-corrected chi connectivity index (χ3v) is 12.3. The smallest absolute Gasteiger partial charge is 0.462 e. The van der Waals surface area contributed by atoms with E-state index in [9.17, 15) is 24.2 Å². The van der Waals surface area contributed by atoms with Crippen molar-refractivity contribution in [2.75, 3.05) is 26.4 Å². The molecular formula is C56H99O10P. The highest BCUT2D eigenvalue weighted by molar-refractivity contribution is 7.47. The fourth-order valence-electron chi connectivity index (χ4n) is 7.18. The lowest BCUT2D eigenvalue weighted by Crippen LogP contribution is -2.29. The van der Waals surface area contributed by atoms with Crippen molar-refractivity contribution in [2.45, 2.75) is 244 Å². The van der Waals surface area contributed by atoms with Gasteiger partial charge in [0.25, 0.3) is 0 Å². The maximum absolute atomic E-state index is 12.7. The molecule has 0 aliphatic carbocycles. The molecule has 0 amide bonds. The van der Waals surface area contributed by atoms with Crippen molar-refractivity contribution in [2.24, 2.45) is 0 Å². The van der Waals surface area contributed by atoms with Crippen LogP contribution in [0.3, 0.4) is 0 Å². The maximum atomic E-state index is 12.7. The number of carbonyl (C=O) groups is 2. The summed E-state index contributed by atoms with van der Waals surface area (Å²) in [6.07, 6.45) is 61.8. The van der Waals surface area contributed by atoms with Crippen LogP contribution in [0.2, 0.25) is 0 Å². The lowest BCUT2D eigenvalue weighted by molar-refractivity contribution is -0.161. The predicted octanol–water partition coefficient (Wildman–Crippen LogP) is 15.6. The summed E-state index contributed by atoms with van der Waals surface area (Å²) >= 11 is 0. The average Bonchev–Trinajstić information content (AvgIpc) is 3.32. The van der Waals surface area contributed by atoms with E-state index in [1.807, 2.05) is 6.08 Å². The van der Waals surface area contributed by atoms with E-state index >= 15 is 0 Å². The third kappa shape index (κ3) is 51.1. The van der Waals surface area contributed by atoms with Crippen LogP contribution in [0.25, 0.3) is 0 Å². The first kappa shape index (κ1) is 64.4. The summed E-state index contributed by atoms with van der Waals surface area (Å²) in [5.74, 6) is -1.04. The highest BCUT2D eigenvalue weighted by Crippen LogP contribution is 2.43. The number of unbranched alkanes of at least 4 members (excludes halogenated alkanes) is 24. The quantitative estimate of drug-likeness (QED) is 0.0233. The van der Waals surface area contributed by atoms with Gasteiger partial charge in [-0.3, -0.25) is 18.6 Å². The normalized spacial score (nSPS) is 14.2. The van der Waals surface area contributed by atoms with Crippen LogP contribution in [-0.4, -0.2) is 65.7 Å². The van der Waals surface area contributed by atoms with Crippen LogP contribution in [0.5, 0.6) is 0 Å². The number of phosphoric acid groups is 1. The van der Waals surface area contributed by atoms with Gasteiger partial charge in [-0.15, -0.1) is 0 Å². The molecule has 0 heterocycles. The number of allylic oxidation sites excluding steroid dienone is 12. The molecule has 1 unspecified atom stereocenters. The molecule has 0 fully saturated rings. The van der Waals surface area contributed by atoms with Gasteiger partial charge >= 0.3 is 19.8 Å². The first-order valence-corrected chi connectivity index (χ1v) is 28.4. The van der Waals surface area contributed by atoms with Gasteiger partial charge in [0.05, 0.1) is 19.8 Å². The summed E-state index contributed by atoms with van der Waals surface area (Å²) in [5, 5.41) is 18.4. The molecule has 0 aromatic heterocycles. The minimum atomic E-state index is -4.65. The van der Waals surface area contributed by atoms with Crippen LogP contribution in [0, 0.1) is 0 Å². The zero-order chi connectivity index (χ0) is 49.0. The molecule has 67 heavy (non-hydrogen) atoms. The molecule has 0 aliphatic rings. The second-order valence-electron chi connectivity index (χ2n) is 17.9. The molecule has 388 valence electrons. The number of hydrogen-bond donors (Lipinski definition) is 3. The molecule has 0 aromatic rings. The number of carbonyl (C=O) groups excluding carboxylic acids is 2. The molecule has 10 nitrogen and oxygen atoms in total. The van der Waals surface area contributed by atoms with Crippen molar-refractivity contribution in [3.8, 4) is 0 Å². The molecular weight excluding hydrogens is 864 g/mol. The van der Waals surface area contributed by atoms with E-state index < -0.39 is 51.8 Å². The SMILES string of the molecule is CCCCCCCCC/C=C/C/C=C/C/C=C/C/C=C/CCCC(=O)OC[C@H](COP(=O)(O)OC[C@@H](O)CO)OC(=O)CCC/C=C/CC/C=C/CCCCCCCCCCCCCCCC. The van der Waals surface area contributed by atoms with Crippen LogP contribution in [-0.2, 0) is 32.7 Å². The summed E-state index contributed by atoms with van der Waals surface area (Å²) in [5.41, 5.74) is 0. The molecule has 0 spiro atoms. The molecule has 3 N–H and O–H groups in total. The van der Waals surface area contributed by atoms with E-state index in [1.165, 1.54) is 141 Å². The molecule has 0 bridgehead atoms.